The number of esters is 1. The minimum atomic E-state index is -0.605. The van der Waals surface area contributed by atoms with Crippen LogP contribution in [0.1, 0.15) is 12.0 Å². The number of carbonyl (C=O) groups is 2. The van der Waals surface area contributed by atoms with Gasteiger partial charge in [-0.1, -0.05) is 12.1 Å². The molecule has 0 saturated carbocycles. The zero-order valence-corrected chi connectivity index (χ0v) is 12.7. The van der Waals surface area contributed by atoms with Gasteiger partial charge >= 0.3 is 5.97 Å². The predicted molar refractivity (Wildman–Crippen MR) is 78.5 cm³/mol. The maximum absolute atomic E-state index is 12.0. The number of piperazine rings is 1. The van der Waals surface area contributed by atoms with Gasteiger partial charge in [-0.3, -0.25) is 14.5 Å². The Balaban J connectivity index is 2.18. The molecule has 1 atom stereocenters. The van der Waals surface area contributed by atoms with Crippen molar-refractivity contribution in [2.75, 3.05) is 27.3 Å². The smallest absolute Gasteiger partial charge is 0.307 e. The maximum Gasteiger partial charge on any atom is 0.307 e. The van der Waals surface area contributed by atoms with Crippen molar-refractivity contribution in [3.8, 4) is 11.5 Å². The van der Waals surface area contributed by atoms with E-state index in [0.29, 0.717) is 30.9 Å². The molecule has 2 N–H and O–H groups in total. The van der Waals surface area contributed by atoms with E-state index in [1.54, 1.807) is 18.2 Å². The van der Waals surface area contributed by atoms with Crippen LogP contribution in [0.2, 0.25) is 0 Å². The van der Waals surface area contributed by atoms with E-state index < -0.39 is 12.0 Å². The minimum absolute atomic E-state index is 0.0208. The van der Waals surface area contributed by atoms with Gasteiger partial charge in [-0.05, 0) is 6.07 Å². The highest BCUT2D eigenvalue weighted by atomic mass is 16.5. The lowest BCUT2D eigenvalue weighted by Crippen LogP contribution is -2.55. The van der Waals surface area contributed by atoms with E-state index in [2.05, 4.69) is 10.1 Å². The summed E-state index contributed by atoms with van der Waals surface area (Å²) in [4.78, 5) is 25.4. The molecule has 1 aromatic rings. The average molecular weight is 308 g/mol. The molecule has 22 heavy (non-hydrogen) atoms. The highest BCUT2D eigenvalue weighted by molar-refractivity contribution is 5.87. The van der Waals surface area contributed by atoms with Crippen molar-refractivity contribution in [2.45, 2.75) is 19.0 Å². The molecule has 0 radical (unpaired) electrons. The normalized spacial score (nSPS) is 18.6. The lowest BCUT2D eigenvalue weighted by molar-refractivity contribution is -0.146. The number of nitrogens with zero attached hydrogens (tertiary/aromatic N) is 1. The molecule has 1 aliphatic heterocycles. The van der Waals surface area contributed by atoms with E-state index >= 15 is 0 Å². The standard InChI is InChI=1S/C15H20N2O5/c1-21-12-5-3-4-10(14(12)19)9-17-7-6-16-15(20)11(17)8-13(18)22-2/h3-5,11,19H,6-9H2,1-2H3,(H,16,20)/t11-/m1/s1. The van der Waals surface area contributed by atoms with Gasteiger partial charge in [0.25, 0.3) is 0 Å². The van der Waals surface area contributed by atoms with Crippen LogP contribution in [0.3, 0.4) is 0 Å². The van der Waals surface area contributed by atoms with Gasteiger partial charge in [-0.25, -0.2) is 0 Å². The van der Waals surface area contributed by atoms with Crippen LogP contribution in [0.25, 0.3) is 0 Å². The number of phenols is 1. The lowest BCUT2D eigenvalue weighted by atomic mass is 10.1. The molecule has 0 aromatic heterocycles. The number of amides is 1. The fourth-order valence-electron chi connectivity index (χ4n) is 2.49. The highest BCUT2D eigenvalue weighted by Crippen LogP contribution is 2.31. The zero-order chi connectivity index (χ0) is 16.1. The second-order valence-electron chi connectivity index (χ2n) is 5.03. The second kappa shape index (κ2) is 7.13. The number of hydrogen-bond donors (Lipinski definition) is 2. The van der Waals surface area contributed by atoms with Crippen molar-refractivity contribution in [2.24, 2.45) is 0 Å². The Morgan fingerprint density at radius 3 is 2.91 bits per heavy atom. The van der Waals surface area contributed by atoms with Gasteiger partial charge in [0, 0.05) is 25.2 Å². The Labute approximate surface area is 128 Å². The van der Waals surface area contributed by atoms with Crippen LogP contribution in [0.4, 0.5) is 0 Å². The van der Waals surface area contributed by atoms with Gasteiger partial charge in [-0.15, -0.1) is 0 Å². The molecule has 120 valence electrons. The third-order valence-corrected chi connectivity index (χ3v) is 3.71. The van der Waals surface area contributed by atoms with Crippen molar-refractivity contribution in [1.82, 2.24) is 10.2 Å². The Hall–Kier alpha value is -2.28. The van der Waals surface area contributed by atoms with Crippen molar-refractivity contribution in [1.29, 1.82) is 0 Å². The fraction of sp³-hybridized carbons (Fsp3) is 0.467. The lowest BCUT2D eigenvalue weighted by Gasteiger charge is -2.34. The van der Waals surface area contributed by atoms with Gasteiger partial charge in [-0.2, -0.15) is 0 Å². The van der Waals surface area contributed by atoms with Crippen molar-refractivity contribution in [3.05, 3.63) is 23.8 Å². The molecular weight excluding hydrogens is 288 g/mol. The summed E-state index contributed by atoms with van der Waals surface area (Å²) in [6.45, 7) is 1.43. The summed E-state index contributed by atoms with van der Waals surface area (Å²) in [5, 5.41) is 12.9. The Bertz CT molecular complexity index is 561. The number of phenolic OH excluding ortho intramolecular Hbond substituents is 1. The SMILES string of the molecule is COC(=O)C[C@@H]1C(=O)NCCN1Cc1cccc(OC)c1O. The predicted octanol–water partition coefficient (Wildman–Crippen LogP) is 0.264. The van der Waals surface area contributed by atoms with Crippen LogP contribution in [-0.2, 0) is 20.9 Å². The number of nitrogens with one attached hydrogen (secondary N) is 1. The van der Waals surface area contributed by atoms with Gasteiger partial charge in [0.1, 0.15) is 6.04 Å². The number of methoxy groups -OCH3 is 2. The number of para-hydroxylation sites is 1. The van der Waals surface area contributed by atoms with Gasteiger partial charge in [0.15, 0.2) is 11.5 Å². The Kier molecular flexibility index (Phi) is 5.21. The number of ether oxygens (including phenoxy) is 2. The Morgan fingerprint density at radius 2 is 2.23 bits per heavy atom. The van der Waals surface area contributed by atoms with Crippen LogP contribution in [-0.4, -0.2) is 55.2 Å². The van der Waals surface area contributed by atoms with E-state index in [1.807, 2.05) is 4.90 Å². The third kappa shape index (κ3) is 3.48. The summed E-state index contributed by atoms with van der Waals surface area (Å²) < 4.78 is 9.73. The first kappa shape index (κ1) is 16.1. The molecule has 0 bridgehead atoms. The summed E-state index contributed by atoms with van der Waals surface area (Å²) in [6, 6.07) is 4.59. The van der Waals surface area contributed by atoms with Gasteiger partial charge < -0.3 is 19.9 Å². The van der Waals surface area contributed by atoms with E-state index in [0.717, 1.165) is 0 Å². The molecule has 0 unspecified atom stereocenters. The molecule has 0 spiro atoms. The summed E-state index contributed by atoms with van der Waals surface area (Å²) >= 11 is 0. The van der Waals surface area contributed by atoms with E-state index in [9.17, 15) is 14.7 Å². The Morgan fingerprint density at radius 1 is 1.45 bits per heavy atom. The molecule has 1 amide bonds. The highest BCUT2D eigenvalue weighted by Gasteiger charge is 2.32. The molecule has 1 fully saturated rings. The topological polar surface area (TPSA) is 88.1 Å². The first-order chi connectivity index (χ1) is 10.6. The second-order valence-corrected chi connectivity index (χ2v) is 5.03. The number of carbonyl (C=O) groups excluding carboxylic acids is 2. The molecule has 1 aromatic carbocycles. The maximum atomic E-state index is 12.0. The van der Waals surface area contributed by atoms with Crippen LogP contribution < -0.4 is 10.1 Å². The van der Waals surface area contributed by atoms with E-state index in [-0.39, 0.29) is 18.1 Å². The summed E-state index contributed by atoms with van der Waals surface area (Å²) in [5.41, 5.74) is 0.643. The molecular formula is C15H20N2O5. The summed E-state index contributed by atoms with van der Waals surface area (Å²) in [6.07, 6.45) is -0.0208. The van der Waals surface area contributed by atoms with E-state index in [4.69, 9.17) is 4.74 Å². The molecule has 1 aliphatic rings. The van der Waals surface area contributed by atoms with Crippen molar-refractivity contribution in [3.63, 3.8) is 0 Å². The van der Waals surface area contributed by atoms with Crippen LogP contribution in [0.5, 0.6) is 11.5 Å². The number of hydrogen-bond acceptors (Lipinski definition) is 6. The fourth-order valence-corrected chi connectivity index (χ4v) is 2.49. The summed E-state index contributed by atoms with van der Waals surface area (Å²) in [7, 11) is 2.77. The van der Waals surface area contributed by atoms with Crippen LogP contribution in [0.15, 0.2) is 18.2 Å². The molecule has 0 aliphatic carbocycles. The van der Waals surface area contributed by atoms with Crippen LogP contribution in [0, 0.1) is 0 Å². The van der Waals surface area contributed by atoms with Crippen molar-refractivity contribution >= 4 is 11.9 Å². The van der Waals surface area contributed by atoms with Crippen LogP contribution >= 0.6 is 0 Å². The molecule has 7 heteroatoms. The number of benzene rings is 1. The minimum Gasteiger partial charge on any atom is -0.504 e. The molecule has 1 saturated heterocycles. The average Bonchev–Trinajstić information content (AvgIpc) is 2.52. The number of aromatic hydroxyl groups is 1. The molecule has 2 rings (SSSR count). The summed E-state index contributed by atoms with van der Waals surface area (Å²) in [5.74, 6) is -0.225. The van der Waals surface area contributed by atoms with Gasteiger partial charge in [0.05, 0.1) is 20.6 Å². The van der Waals surface area contributed by atoms with E-state index in [1.165, 1.54) is 14.2 Å². The quantitative estimate of drug-likeness (QED) is 0.759. The first-order valence-electron chi connectivity index (χ1n) is 7.00. The van der Waals surface area contributed by atoms with Gasteiger partial charge in [0.2, 0.25) is 5.91 Å². The zero-order valence-electron chi connectivity index (χ0n) is 12.7. The largest absolute Gasteiger partial charge is 0.504 e. The number of rotatable bonds is 5. The first-order valence-corrected chi connectivity index (χ1v) is 7.00. The molecule has 7 nitrogen and oxygen atoms in total. The monoisotopic (exact) mass is 308 g/mol. The third-order valence-electron chi connectivity index (χ3n) is 3.71. The van der Waals surface area contributed by atoms with Crippen molar-refractivity contribution < 1.29 is 24.2 Å². The molecule has 1 heterocycles.